The van der Waals surface area contributed by atoms with Crippen molar-refractivity contribution in [3.8, 4) is 0 Å². The molecule has 0 aliphatic heterocycles. The van der Waals surface area contributed by atoms with Crippen LogP contribution in [0.5, 0.6) is 0 Å². The summed E-state index contributed by atoms with van der Waals surface area (Å²) in [5, 5.41) is 5.03. The van der Waals surface area contributed by atoms with Crippen LogP contribution in [0.25, 0.3) is 10.8 Å². The third-order valence-corrected chi connectivity index (χ3v) is 7.39. The van der Waals surface area contributed by atoms with Gasteiger partial charge in [-0.25, -0.2) is 0 Å². The Morgan fingerprint density at radius 1 is 0.750 bits per heavy atom. The average Bonchev–Trinajstić information content (AvgIpc) is 2.29. The summed E-state index contributed by atoms with van der Waals surface area (Å²) in [6, 6.07) is 13.4. The Morgan fingerprint density at radius 2 is 1.30 bits per heavy atom. The van der Waals surface area contributed by atoms with Crippen molar-refractivity contribution in [2.45, 2.75) is 58.8 Å². The minimum atomic E-state index is -0.258. The van der Waals surface area contributed by atoms with Crippen molar-refractivity contribution in [2.24, 2.45) is 0 Å². The van der Waals surface area contributed by atoms with E-state index >= 15 is 0 Å². The Kier molecular flexibility index (Phi) is 4.00. The van der Waals surface area contributed by atoms with Crippen molar-refractivity contribution in [1.82, 2.24) is 0 Å². The normalized spacial score (nSPS) is 13.2. The van der Waals surface area contributed by atoms with Gasteiger partial charge in [-0.3, -0.25) is 0 Å². The molecule has 2 aromatic rings. The summed E-state index contributed by atoms with van der Waals surface area (Å²) in [5.41, 5.74) is 1.44. The molecule has 20 heavy (non-hydrogen) atoms. The van der Waals surface area contributed by atoms with Gasteiger partial charge in [0.2, 0.25) is 0 Å². The first-order chi connectivity index (χ1) is 9.12. The van der Waals surface area contributed by atoms with Crippen LogP contribution < -0.4 is 5.30 Å². The number of aryl methyl sites for hydroxylation is 1. The Bertz CT molecular complexity index is 598. The Labute approximate surface area is 125 Å². The van der Waals surface area contributed by atoms with E-state index < -0.39 is 0 Å². The quantitative estimate of drug-likeness (QED) is 0.577. The molecule has 2 aromatic carbocycles. The first kappa shape index (κ1) is 15.5. The molecule has 0 radical (unpaired) electrons. The van der Waals surface area contributed by atoms with E-state index in [0.717, 1.165) is 0 Å². The lowest BCUT2D eigenvalue weighted by Crippen LogP contribution is -2.32. The Hall–Kier alpha value is -0.870. The van der Waals surface area contributed by atoms with Gasteiger partial charge >= 0.3 is 0 Å². The highest BCUT2D eigenvalue weighted by Gasteiger charge is 2.37. The summed E-state index contributed by atoms with van der Waals surface area (Å²) in [6.45, 7) is 16.6. The van der Waals surface area contributed by atoms with E-state index in [1.54, 1.807) is 5.30 Å². The van der Waals surface area contributed by atoms with Crippen molar-refractivity contribution >= 4 is 24.0 Å². The van der Waals surface area contributed by atoms with E-state index in [0.29, 0.717) is 10.3 Å². The monoisotopic (exact) mass is 286 g/mol. The third-order valence-electron chi connectivity index (χ3n) is 3.67. The molecule has 0 nitrogen and oxygen atoms in total. The SMILES string of the molecule is Cc1ccc2ccccc2c1P(C(C)(C)C)C(C)(C)C. The summed E-state index contributed by atoms with van der Waals surface area (Å²) in [7, 11) is -0.258. The first-order valence-corrected chi connectivity index (χ1v) is 8.75. The molecule has 0 heterocycles. The van der Waals surface area contributed by atoms with Crippen molar-refractivity contribution in [1.29, 1.82) is 0 Å². The van der Waals surface area contributed by atoms with Crippen molar-refractivity contribution in [3.05, 3.63) is 42.0 Å². The van der Waals surface area contributed by atoms with Crippen LogP contribution in [-0.4, -0.2) is 10.3 Å². The second kappa shape index (κ2) is 5.15. The fourth-order valence-electron chi connectivity index (χ4n) is 3.34. The molecular formula is C19H27P. The summed E-state index contributed by atoms with van der Waals surface area (Å²) in [6.07, 6.45) is 0. The van der Waals surface area contributed by atoms with Crippen LogP contribution in [0.2, 0.25) is 0 Å². The number of rotatable bonds is 1. The van der Waals surface area contributed by atoms with Gasteiger partial charge in [-0.1, -0.05) is 85.9 Å². The zero-order valence-corrected chi connectivity index (χ0v) is 14.8. The van der Waals surface area contributed by atoms with Crippen molar-refractivity contribution in [3.63, 3.8) is 0 Å². The van der Waals surface area contributed by atoms with Gasteiger partial charge in [0.15, 0.2) is 0 Å². The molecule has 0 N–H and O–H groups in total. The van der Waals surface area contributed by atoms with Crippen LogP contribution in [0.1, 0.15) is 47.1 Å². The number of hydrogen-bond acceptors (Lipinski definition) is 0. The lowest BCUT2D eigenvalue weighted by atomic mass is 10.1. The molecule has 0 unspecified atom stereocenters. The lowest BCUT2D eigenvalue weighted by molar-refractivity contribution is 0.715. The average molecular weight is 286 g/mol. The Balaban J connectivity index is 2.81. The van der Waals surface area contributed by atoms with Crippen LogP contribution in [0, 0.1) is 6.92 Å². The molecule has 0 saturated carbocycles. The van der Waals surface area contributed by atoms with E-state index in [4.69, 9.17) is 0 Å². The largest absolute Gasteiger partial charge is 0.0633 e. The smallest absolute Gasteiger partial charge is 0.0104 e. The highest BCUT2D eigenvalue weighted by atomic mass is 31.1. The molecule has 0 atom stereocenters. The maximum Gasteiger partial charge on any atom is -0.0104 e. The molecule has 0 fully saturated rings. The standard InChI is InChI=1S/C19H27P/c1-14-12-13-15-10-8-9-11-16(15)17(14)20(18(2,3)4)19(5,6)7/h8-13H,1-7H3. The molecular weight excluding hydrogens is 259 g/mol. The zero-order chi connectivity index (χ0) is 15.1. The van der Waals surface area contributed by atoms with Gasteiger partial charge in [0.1, 0.15) is 0 Å². The van der Waals surface area contributed by atoms with Gasteiger partial charge in [0.05, 0.1) is 0 Å². The predicted octanol–water partition coefficient (Wildman–Crippen LogP) is 5.85. The van der Waals surface area contributed by atoms with Gasteiger partial charge in [-0.05, 0) is 38.9 Å². The number of benzene rings is 2. The van der Waals surface area contributed by atoms with Gasteiger partial charge in [0.25, 0.3) is 0 Å². The summed E-state index contributed by atoms with van der Waals surface area (Å²) >= 11 is 0. The molecule has 0 saturated heterocycles. The highest BCUT2D eigenvalue weighted by molar-refractivity contribution is 7.69. The number of fused-ring (bicyclic) bond motifs is 1. The molecule has 0 bridgehead atoms. The van der Waals surface area contributed by atoms with Gasteiger partial charge in [-0.2, -0.15) is 0 Å². The second-order valence-electron chi connectivity index (χ2n) is 7.63. The molecule has 0 aliphatic rings. The third kappa shape index (κ3) is 2.91. The van der Waals surface area contributed by atoms with E-state index in [1.807, 2.05) is 0 Å². The first-order valence-electron chi connectivity index (χ1n) is 7.41. The summed E-state index contributed by atoms with van der Waals surface area (Å²) in [4.78, 5) is 0. The topological polar surface area (TPSA) is 0 Å². The van der Waals surface area contributed by atoms with E-state index in [2.05, 4.69) is 84.9 Å². The minimum absolute atomic E-state index is 0.258. The van der Waals surface area contributed by atoms with E-state index in [-0.39, 0.29) is 7.92 Å². The van der Waals surface area contributed by atoms with E-state index in [1.165, 1.54) is 16.3 Å². The molecule has 1 heteroatoms. The second-order valence-corrected chi connectivity index (χ2v) is 11.4. The molecule has 0 aromatic heterocycles. The van der Waals surface area contributed by atoms with Crippen LogP contribution in [0.3, 0.4) is 0 Å². The molecule has 0 aliphatic carbocycles. The van der Waals surface area contributed by atoms with Gasteiger partial charge in [0, 0.05) is 0 Å². The Morgan fingerprint density at radius 3 is 1.85 bits per heavy atom. The zero-order valence-electron chi connectivity index (χ0n) is 13.9. The van der Waals surface area contributed by atoms with Crippen molar-refractivity contribution < 1.29 is 0 Å². The fraction of sp³-hybridized carbons (Fsp3) is 0.474. The van der Waals surface area contributed by atoms with Crippen LogP contribution in [0.4, 0.5) is 0 Å². The van der Waals surface area contributed by atoms with Crippen LogP contribution >= 0.6 is 7.92 Å². The summed E-state index contributed by atoms with van der Waals surface area (Å²) < 4.78 is 0. The maximum atomic E-state index is 2.39. The molecule has 2 rings (SSSR count). The number of hydrogen-bond donors (Lipinski definition) is 0. The minimum Gasteiger partial charge on any atom is -0.0633 e. The molecule has 108 valence electrons. The van der Waals surface area contributed by atoms with Gasteiger partial charge in [-0.15, -0.1) is 0 Å². The predicted molar refractivity (Wildman–Crippen MR) is 94.7 cm³/mol. The summed E-state index contributed by atoms with van der Waals surface area (Å²) in [5.74, 6) is 0. The highest BCUT2D eigenvalue weighted by Crippen LogP contribution is 2.59. The van der Waals surface area contributed by atoms with Crippen LogP contribution in [-0.2, 0) is 0 Å². The van der Waals surface area contributed by atoms with Gasteiger partial charge < -0.3 is 0 Å². The van der Waals surface area contributed by atoms with Crippen molar-refractivity contribution in [2.75, 3.05) is 0 Å². The maximum absolute atomic E-state index is 2.39. The molecule has 0 amide bonds. The fourth-order valence-corrected chi connectivity index (χ4v) is 7.56. The molecule has 0 spiro atoms. The lowest BCUT2D eigenvalue weighted by Gasteiger charge is -2.43. The van der Waals surface area contributed by atoms with E-state index in [9.17, 15) is 0 Å². The van der Waals surface area contributed by atoms with Crippen LogP contribution in [0.15, 0.2) is 36.4 Å².